The Kier molecular flexibility index (Phi) is 4.28. The molecular formula is C17H22N4O3. The number of likely N-dealkylation sites (tertiary alicyclic amines) is 1. The van der Waals surface area contributed by atoms with Gasteiger partial charge in [-0.1, -0.05) is 0 Å². The standard InChI is InChI=1S/C17H22N4O3/c1-17(2)16(23)18-13-10-11(4-5-14(13)24-17)15(22)20-19-12-6-8-21(3)9-7-12/h4-5,10H,6-9H2,1-3H3,(H,18,23)(H,20,22). The number of amides is 2. The Labute approximate surface area is 141 Å². The minimum Gasteiger partial charge on any atom is -0.476 e. The molecule has 7 nitrogen and oxygen atoms in total. The van der Waals surface area contributed by atoms with Crippen LogP contribution in [0, 0.1) is 0 Å². The van der Waals surface area contributed by atoms with Gasteiger partial charge in [0.1, 0.15) is 5.75 Å². The van der Waals surface area contributed by atoms with Crippen molar-refractivity contribution in [3.63, 3.8) is 0 Å². The summed E-state index contributed by atoms with van der Waals surface area (Å²) in [4.78, 5) is 26.5. The molecule has 0 spiro atoms. The van der Waals surface area contributed by atoms with Gasteiger partial charge in [-0.05, 0) is 39.1 Å². The lowest BCUT2D eigenvalue weighted by atomic mass is 10.0. The first-order valence-corrected chi connectivity index (χ1v) is 8.04. The van der Waals surface area contributed by atoms with Crippen molar-refractivity contribution in [3.05, 3.63) is 23.8 Å². The molecule has 1 saturated heterocycles. The fourth-order valence-electron chi connectivity index (χ4n) is 2.63. The maximum Gasteiger partial charge on any atom is 0.271 e. The van der Waals surface area contributed by atoms with Crippen molar-refractivity contribution in [2.45, 2.75) is 32.3 Å². The van der Waals surface area contributed by atoms with Crippen molar-refractivity contribution in [2.24, 2.45) is 5.10 Å². The second kappa shape index (κ2) is 6.24. The van der Waals surface area contributed by atoms with Crippen LogP contribution in [0.2, 0.25) is 0 Å². The highest BCUT2D eigenvalue weighted by Gasteiger charge is 2.35. The zero-order valence-electron chi connectivity index (χ0n) is 14.2. The van der Waals surface area contributed by atoms with Crippen molar-refractivity contribution in [3.8, 4) is 5.75 Å². The Bertz CT molecular complexity index is 702. The van der Waals surface area contributed by atoms with Gasteiger partial charge in [-0.2, -0.15) is 5.10 Å². The number of benzene rings is 1. The number of fused-ring (bicyclic) bond motifs is 1. The van der Waals surface area contributed by atoms with Gasteiger partial charge in [0.15, 0.2) is 5.60 Å². The van der Waals surface area contributed by atoms with Crippen LogP contribution in [0.25, 0.3) is 0 Å². The van der Waals surface area contributed by atoms with E-state index in [1.54, 1.807) is 32.0 Å². The van der Waals surface area contributed by atoms with Crippen molar-refractivity contribution in [2.75, 3.05) is 25.5 Å². The quantitative estimate of drug-likeness (QED) is 0.807. The van der Waals surface area contributed by atoms with E-state index in [9.17, 15) is 9.59 Å². The average molecular weight is 330 g/mol. The van der Waals surface area contributed by atoms with Gasteiger partial charge in [-0.25, -0.2) is 5.43 Å². The van der Waals surface area contributed by atoms with E-state index in [1.165, 1.54) is 0 Å². The van der Waals surface area contributed by atoms with Crippen LogP contribution in [0.3, 0.4) is 0 Å². The molecule has 0 radical (unpaired) electrons. The second-order valence-electron chi connectivity index (χ2n) is 6.70. The van der Waals surface area contributed by atoms with Crippen LogP contribution in [0.4, 0.5) is 5.69 Å². The molecule has 0 saturated carbocycles. The largest absolute Gasteiger partial charge is 0.476 e. The third kappa shape index (κ3) is 3.41. The smallest absolute Gasteiger partial charge is 0.271 e. The van der Waals surface area contributed by atoms with E-state index in [2.05, 4.69) is 27.8 Å². The van der Waals surface area contributed by atoms with Gasteiger partial charge in [0, 0.05) is 37.2 Å². The van der Waals surface area contributed by atoms with Crippen molar-refractivity contribution in [1.82, 2.24) is 10.3 Å². The second-order valence-corrected chi connectivity index (χ2v) is 6.70. The molecule has 2 N–H and O–H groups in total. The van der Waals surface area contributed by atoms with Crippen LogP contribution in [0.15, 0.2) is 23.3 Å². The van der Waals surface area contributed by atoms with Gasteiger partial charge in [0.05, 0.1) is 5.69 Å². The third-order valence-corrected chi connectivity index (χ3v) is 4.28. The predicted octanol–water partition coefficient (Wildman–Crippen LogP) is 1.61. The number of nitrogens with one attached hydrogen (secondary N) is 2. The Balaban J connectivity index is 1.70. The first-order chi connectivity index (χ1) is 11.3. The molecule has 0 aromatic heterocycles. The predicted molar refractivity (Wildman–Crippen MR) is 91.4 cm³/mol. The Morgan fingerprint density at radius 1 is 1.33 bits per heavy atom. The zero-order chi connectivity index (χ0) is 17.3. The van der Waals surface area contributed by atoms with E-state index in [-0.39, 0.29) is 11.8 Å². The summed E-state index contributed by atoms with van der Waals surface area (Å²) in [6, 6.07) is 4.96. The molecule has 1 fully saturated rings. The van der Waals surface area contributed by atoms with Crippen LogP contribution >= 0.6 is 0 Å². The number of piperidine rings is 1. The summed E-state index contributed by atoms with van der Waals surface area (Å²) in [5.41, 5.74) is 3.60. The molecule has 3 rings (SSSR count). The Hall–Kier alpha value is -2.41. The third-order valence-electron chi connectivity index (χ3n) is 4.28. The summed E-state index contributed by atoms with van der Waals surface area (Å²) in [5, 5.41) is 6.99. The molecule has 2 aliphatic heterocycles. The summed E-state index contributed by atoms with van der Waals surface area (Å²) in [7, 11) is 2.07. The maximum atomic E-state index is 12.3. The molecule has 0 unspecified atom stereocenters. The number of ether oxygens (including phenoxy) is 1. The number of carbonyl (C=O) groups excluding carboxylic acids is 2. The van der Waals surface area contributed by atoms with Crippen molar-refractivity contribution in [1.29, 1.82) is 0 Å². The molecule has 128 valence electrons. The molecule has 2 aliphatic rings. The first-order valence-electron chi connectivity index (χ1n) is 8.04. The molecule has 2 heterocycles. The monoisotopic (exact) mass is 330 g/mol. The Morgan fingerprint density at radius 2 is 2.04 bits per heavy atom. The van der Waals surface area contributed by atoms with Crippen molar-refractivity contribution < 1.29 is 14.3 Å². The van der Waals surface area contributed by atoms with Crippen LogP contribution in [0.1, 0.15) is 37.0 Å². The fraction of sp³-hybridized carbons (Fsp3) is 0.471. The molecule has 7 heteroatoms. The molecule has 0 aliphatic carbocycles. The number of hydrogen-bond donors (Lipinski definition) is 2. The number of hydrogen-bond acceptors (Lipinski definition) is 5. The van der Waals surface area contributed by atoms with E-state index < -0.39 is 5.60 Å². The number of anilines is 1. The van der Waals surface area contributed by atoms with Gasteiger partial charge in [0.2, 0.25) is 0 Å². The van der Waals surface area contributed by atoms with Crippen LogP contribution in [0.5, 0.6) is 5.75 Å². The van der Waals surface area contributed by atoms with Crippen molar-refractivity contribution >= 4 is 23.2 Å². The SMILES string of the molecule is CN1CCC(=NNC(=O)c2ccc3c(c2)NC(=O)C(C)(C)O3)CC1. The van der Waals surface area contributed by atoms with Crippen LogP contribution in [-0.4, -0.2) is 48.2 Å². The summed E-state index contributed by atoms with van der Waals surface area (Å²) >= 11 is 0. The lowest BCUT2D eigenvalue weighted by Crippen LogP contribution is -2.45. The highest BCUT2D eigenvalue weighted by atomic mass is 16.5. The number of nitrogens with zero attached hydrogens (tertiary/aromatic N) is 2. The van der Waals surface area contributed by atoms with Gasteiger partial charge >= 0.3 is 0 Å². The minimum absolute atomic E-state index is 0.237. The zero-order valence-corrected chi connectivity index (χ0v) is 14.2. The summed E-state index contributed by atoms with van der Waals surface area (Å²) < 4.78 is 5.66. The topological polar surface area (TPSA) is 83.0 Å². The van der Waals surface area contributed by atoms with E-state index in [0.29, 0.717) is 17.0 Å². The number of carbonyl (C=O) groups is 2. The highest BCUT2D eigenvalue weighted by Crippen LogP contribution is 2.34. The molecule has 0 bridgehead atoms. The summed E-state index contributed by atoms with van der Waals surface area (Å²) in [6.45, 7) is 5.30. The lowest BCUT2D eigenvalue weighted by molar-refractivity contribution is -0.129. The van der Waals surface area contributed by atoms with Crippen LogP contribution < -0.4 is 15.5 Å². The molecule has 1 aromatic carbocycles. The lowest BCUT2D eigenvalue weighted by Gasteiger charge is -2.31. The molecule has 24 heavy (non-hydrogen) atoms. The first kappa shape index (κ1) is 16.4. The molecule has 0 atom stereocenters. The summed E-state index contributed by atoms with van der Waals surface area (Å²) in [5.74, 6) is 0.0141. The molecule has 1 aromatic rings. The fourth-order valence-corrected chi connectivity index (χ4v) is 2.63. The van der Waals surface area contributed by atoms with Gasteiger partial charge in [0.25, 0.3) is 11.8 Å². The normalized spacial score (nSPS) is 19.8. The van der Waals surface area contributed by atoms with Gasteiger partial charge in [-0.15, -0.1) is 0 Å². The maximum absolute atomic E-state index is 12.3. The van der Waals surface area contributed by atoms with Gasteiger partial charge in [-0.3, -0.25) is 9.59 Å². The van der Waals surface area contributed by atoms with E-state index >= 15 is 0 Å². The van der Waals surface area contributed by atoms with E-state index in [0.717, 1.165) is 31.6 Å². The minimum atomic E-state index is -0.920. The van der Waals surface area contributed by atoms with Gasteiger partial charge < -0.3 is 15.0 Å². The van der Waals surface area contributed by atoms with Crippen LogP contribution in [-0.2, 0) is 4.79 Å². The number of rotatable bonds is 2. The molecule has 2 amide bonds. The highest BCUT2D eigenvalue weighted by molar-refractivity contribution is 6.02. The average Bonchev–Trinajstić information content (AvgIpc) is 2.54. The van der Waals surface area contributed by atoms with E-state index in [4.69, 9.17) is 4.74 Å². The molecular weight excluding hydrogens is 308 g/mol. The Morgan fingerprint density at radius 3 is 2.75 bits per heavy atom. The summed E-state index contributed by atoms with van der Waals surface area (Å²) in [6.07, 6.45) is 1.72. The number of hydrazone groups is 1. The van der Waals surface area contributed by atoms with E-state index in [1.807, 2.05) is 0 Å².